The first-order valence-electron chi connectivity index (χ1n) is 6.14. The van der Waals surface area contributed by atoms with Crippen molar-refractivity contribution in [3.63, 3.8) is 0 Å². The molecule has 0 saturated carbocycles. The molecule has 6 heteroatoms. The van der Waals surface area contributed by atoms with Gasteiger partial charge in [0.05, 0.1) is 12.7 Å². The first-order chi connectivity index (χ1) is 8.38. The maximum atomic E-state index is 5.58. The van der Waals surface area contributed by atoms with E-state index in [-0.39, 0.29) is 6.10 Å². The molecule has 0 amide bonds. The SMILES string of the molecule is CCCNc1nnc(COCC2CCCO2)s1. The van der Waals surface area contributed by atoms with Crippen molar-refractivity contribution < 1.29 is 9.47 Å². The zero-order valence-electron chi connectivity index (χ0n) is 10.1. The number of rotatable bonds is 7. The number of ether oxygens (including phenoxy) is 2. The maximum absolute atomic E-state index is 5.58. The van der Waals surface area contributed by atoms with Gasteiger partial charge in [-0.05, 0) is 19.3 Å². The average molecular weight is 257 g/mol. The van der Waals surface area contributed by atoms with Crippen LogP contribution in [0.4, 0.5) is 5.13 Å². The molecule has 1 fully saturated rings. The monoisotopic (exact) mass is 257 g/mol. The largest absolute Gasteiger partial charge is 0.376 e. The molecule has 0 radical (unpaired) electrons. The lowest BCUT2D eigenvalue weighted by molar-refractivity contribution is 0.0104. The third kappa shape index (κ3) is 4.22. The molecule has 2 heterocycles. The predicted octanol–water partition coefficient (Wildman–Crippen LogP) is 2.06. The summed E-state index contributed by atoms with van der Waals surface area (Å²) in [5.41, 5.74) is 0. The van der Waals surface area contributed by atoms with Crippen LogP contribution in [0.3, 0.4) is 0 Å². The van der Waals surface area contributed by atoms with Gasteiger partial charge in [-0.15, -0.1) is 10.2 Å². The molecule has 0 bridgehead atoms. The molecule has 1 aromatic heterocycles. The highest BCUT2D eigenvalue weighted by molar-refractivity contribution is 7.15. The predicted molar refractivity (Wildman–Crippen MR) is 67.3 cm³/mol. The fourth-order valence-corrected chi connectivity index (χ4v) is 2.37. The van der Waals surface area contributed by atoms with E-state index in [2.05, 4.69) is 22.4 Å². The smallest absolute Gasteiger partial charge is 0.205 e. The molecule has 2 rings (SSSR count). The highest BCUT2D eigenvalue weighted by Gasteiger charge is 2.15. The van der Waals surface area contributed by atoms with Gasteiger partial charge in [0.2, 0.25) is 5.13 Å². The first-order valence-corrected chi connectivity index (χ1v) is 6.95. The fraction of sp³-hybridized carbons (Fsp3) is 0.818. The topological polar surface area (TPSA) is 56.3 Å². The fourth-order valence-electron chi connectivity index (χ4n) is 1.67. The van der Waals surface area contributed by atoms with Gasteiger partial charge in [-0.1, -0.05) is 18.3 Å². The van der Waals surface area contributed by atoms with Gasteiger partial charge < -0.3 is 14.8 Å². The van der Waals surface area contributed by atoms with E-state index in [0.29, 0.717) is 13.2 Å². The second kappa shape index (κ2) is 6.88. The second-order valence-electron chi connectivity index (χ2n) is 4.08. The van der Waals surface area contributed by atoms with E-state index in [4.69, 9.17) is 9.47 Å². The summed E-state index contributed by atoms with van der Waals surface area (Å²) in [7, 11) is 0. The van der Waals surface area contributed by atoms with Crippen molar-refractivity contribution >= 4 is 16.5 Å². The highest BCUT2D eigenvalue weighted by atomic mass is 32.1. The Kier molecular flexibility index (Phi) is 5.15. The molecule has 96 valence electrons. The zero-order valence-corrected chi connectivity index (χ0v) is 11.0. The Morgan fingerprint density at radius 1 is 1.53 bits per heavy atom. The number of nitrogens with zero attached hydrogens (tertiary/aromatic N) is 2. The summed E-state index contributed by atoms with van der Waals surface area (Å²) in [5, 5.41) is 13.1. The van der Waals surface area contributed by atoms with Crippen LogP contribution in [0.2, 0.25) is 0 Å². The van der Waals surface area contributed by atoms with Crippen LogP contribution >= 0.6 is 11.3 Å². The molecule has 1 saturated heterocycles. The Balaban J connectivity index is 1.65. The van der Waals surface area contributed by atoms with Gasteiger partial charge in [-0.25, -0.2) is 0 Å². The maximum Gasteiger partial charge on any atom is 0.205 e. The van der Waals surface area contributed by atoms with Crippen LogP contribution in [0.1, 0.15) is 31.2 Å². The molecule has 0 aliphatic carbocycles. The van der Waals surface area contributed by atoms with Gasteiger partial charge in [0.25, 0.3) is 0 Å². The molecule has 0 aromatic carbocycles. The summed E-state index contributed by atoms with van der Waals surface area (Å²) in [6.07, 6.45) is 3.63. The summed E-state index contributed by atoms with van der Waals surface area (Å²) in [6, 6.07) is 0. The minimum absolute atomic E-state index is 0.278. The lowest BCUT2D eigenvalue weighted by Gasteiger charge is -2.08. The van der Waals surface area contributed by atoms with Crippen LogP contribution in [0.25, 0.3) is 0 Å². The second-order valence-corrected chi connectivity index (χ2v) is 5.14. The lowest BCUT2D eigenvalue weighted by atomic mass is 10.2. The molecule has 1 atom stereocenters. The Morgan fingerprint density at radius 2 is 2.47 bits per heavy atom. The van der Waals surface area contributed by atoms with Gasteiger partial charge >= 0.3 is 0 Å². The molecule has 17 heavy (non-hydrogen) atoms. The van der Waals surface area contributed by atoms with Crippen LogP contribution < -0.4 is 5.32 Å². The summed E-state index contributed by atoms with van der Waals surface area (Å²) in [6.45, 7) is 5.13. The summed E-state index contributed by atoms with van der Waals surface area (Å²) < 4.78 is 11.1. The van der Waals surface area contributed by atoms with Gasteiger partial charge in [-0.2, -0.15) is 0 Å². The number of anilines is 1. The average Bonchev–Trinajstić information content (AvgIpc) is 2.98. The molecule has 5 nitrogen and oxygen atoms in total. The molecular formula is C11H19N3O2S. The van der Waals surface area contributed by atoms with E-state index in [0.717, 1.165) is 42.6 Å². The van der Waals surface area contributed by atoms with Crippen LogP contribution in [0, 0.1) is 0 Å². The number of aromatic nitrogens is 2. The van der Waals surface area contributed by atoms with Crippen LogP contribution in [0.15, 0.2) is 0 Å². The van der Waals surface area contributed by atoms with Crippen molar-refractivity contribution in [2.45, 2.75) is 38.9 Å². The van der Waals surface area contributed by atoms with Gasteiger partial charge in [-0.3, -0.25) is 0 Å². The Labute approximate surface area is 106 Å². The van der Waals surface area contributed by atoms with Crippen molar-refractivity contribution in [1.29, 1.82) is 0 Å². The summed E-state index contributed by atoms with van der Waals surface area (Å²) >= 11 is 1.56. The molecule has 1 aliphatic rings. The normalized spacial score (nSPS) is 19.7. The molecule has 1 unspecified atom stereocenters. The Morgan fingerprint density at radius 3 is 3.24 bits per heavy atom. The molecule has 1 aliphatic heterocycles. The minimum atomic E-state index is 0.278. The van der Waals surface area contributed by atoms with Crippen molar-refractivity contribution in [3.05, 3.63) is 5.01 Å². The Bertz CT molecular complexity index is 326. The molecular weight excluding hydrogens is 238 g/mol. The van der Waals surface area contributed by atoms with Gasteiger partial charge in [0, 0.05) is 13.2 Å². The third-order valence-electron chi connectivity index (χ3n) is 2.55. The van der Waals surface area contributed by atoms with Gasteiger partial charge in [0.15, 0.2) is 0 Å². The number of hydrogen-bond donors (Lipinski definition) is 1. The van der Waals surface area contributed by atoms with Crippen LogP contribution in [-0.2, 0) is 16.1 Å². The number of nitrogens with one attached hydrogen (secondary N) is 1. The summed E-state index contributed by atoms with van der Waals surface area (Å²) in [4.78, 5) is 0. The molecule has 0 spiro atoms. The van der Waals surface area contributed by atoms with E-state index >= 15 is 0 Å². The standard InChI is InChI=1S/C11H19N3O2S/c1-2-5-12-11-14-13-10(17-11)8-15-7-9-4-3-6-16-9/h9H,2-8H2,1H3,(H,12,14). The van der Waals surface area contributed by atoms with Crippen molar-refractivity contribution in [2.24, 2.45) is 0 Å². The van der Waals surface area contributed by atoms with Crippen molar-refractivity contribution in [2.75, 3.05) is 25.1 Å². The van der Waals surface area contributed by atoms with E-state index in [1.165, 1.54) is 0 Å². The first kappa shape index (κ1) is 12.7. The third-order valence-corrected chi connectivity index (χ3v) is 3.40. The Hall–Kier alpha value is -0.720. The lowest BCUT2D eigenvalue weighted by Crippen LogP contribution is -2.13. The van der Waals surface area contributed by atoms with E-state index < -0.39 is 0 Å². The molecule has 1 N–H and O–H groups in total. The van der Waals surface area contributed by atoms with E-state index in [1.807, 2.05) is 0 Å². The van der Waals surface area contributed by atoms with Crippen LogP contribution in [0.5, 0.6) is 0 Å². The highest BCUT2D eigenvalue weighted by Crippen LogP contribution is 2.17. The van der Waals surface area contributed by atoms with Crippen molar-refractivity contribution in [1.82, 2.24) is 10.2 Å². The number of hydrogen-bond acceptors (Lipinski definition) is 6. The van der Waals surface area contributed by atoms with Gasteiger partial charge in [0.1, 0.15) is 11.6 Å². The quantitative estimate of drug-likeness (QED) is 0.810. The zero-order chi connectivity index (χ0) is 11.9. The van der Waals surface area contributed by atoms with E-state index in [1.54, 1.807) is 11.3 Å². The van der Waals surface area contributed by atoms with E-state index in [9.17, 15) is 0 Å². The van der Waals surface area contributed by atoms with Crippen molar-refractivity contribution in [3.8, 4) is 0 Å². The minimum Gasteiger partial charge on any atom is -0.376 e. The summed E-state index contributed by atoms with van der Waals surface area (Å²) in [5.74, 6) is 0. The van der Waals surface area contributed by atoms with Crippen LogP contribution in [-0.4, -0.2) is 36.1 Å². The molecule has 1 aromatic rings.